The van der Waals surface area contributed by atoms with Crippen LogP contribution in [0.25, 0.3) is 0 Å². The highest BCUT2D eigenvalue weighted by Crippen LogP contribution is 2.21. The molecule has 2 atom stereocenters. The van der Waals surface area contributed by atoms with Gasteiger partial charge >= 0.3 is 5.97 Å². The lowest BCUT2D eigenvalue weighted by Gasteiger charge is -2.17. The number of rotatable bonds is 4. The van der Waals surface area contributed by atoms with Crippen molar-refractivity contribution >= 4 is 5.97 Å². The van der Waals surface area contributed by atoms with Gasteiger partial charge in [0.1, 0.15) is 0 Å². The van der Waals surface area contributed by atoms with Gasteiger partial charge in [0.2, 0.25) is 0 Å². The van der Waals surface area contributed by atoms with Crippen molar-refractivity contribution in [3.8, 4) is 0 Å². The highest BCUT2D eigenvalue weighted by Gasteiger charge is 2.25. The van der Waals surface area contributed by atoms with Gasteiger partial charge in [0.05, 0.1) is 6.42 Å². The molecule has 2 unspecified atom stereocenters. The highest BCUT2D eigenvalue weighted by molar-refractivity contribution is 5.67. The molecule has 4 heteroatoms. The van der Waals surface area contributed by atoms with Gasteiger partial charge in [-0.3, -0.25) is 4.79 Å². The zero-order valence-electron chi connectivity index (χ0n) is 6.99. The minimum absolute atomic E-state index is 0.0152. The Bertz CT molecular complexity index is 154. The van der Waals surface area contributed by atoms with Gasteiger partial charge in [-0.15, -0.1) is 0 Å². The summed E-state index contributed by atoms with van der Waals surface area (Å²) in [7, 11) is 0. The number of hydrogen-bond acceptors (Lipinski definition) is 3. The fourth-order valence-electron chi connectivity index (χ4n) is 1.68. The van der Waals surface area contributed by atoms with E-state index >= 15 is 0 Å². The van der Waals surface area contributed by atoms with Crippen molar-refractivity contribution in [1.82, 2.24) is 5.32 Å². The van der Waals surface area contributed by atoms with Crippen molar-refractivity contribution in [1.29, 1.82) is 0 Å². The third-order valence-corrected chi connectivity index (χ3v) is 2.44. The Labute approximate surface area is 71.6 Å². The Morgan fingerprint density at radius 3 is 2.83 bits per heavy atom. The van der Waals surface area contributed by atoms with Crippen molar-refractivity contribution in [2.45, 2.75) is 12.8 Å². The highest BCUT2D eigenvalue weighted by atomic mass is 16.4. The van der Waals surface area contributed by atoms with Crippen LogP contribution >= 0.6 is 0 Å². The van der Waals surface area contributed by atoms with E-state index in [9.17, 15) is 4.79 Å². The SMILES string of the molecule is O=C(O)CC(CO)C1CCNC1. The van der Waals surface area contributed by atoms with Crippen molar-refractivity contribution in [3.63, 3.8) is 0 Å². The number of hydrogen-bond donors (Lipinski definition) is 3. The molecule has 0 saturated carbocycles. The smallest absolute Gasteiger partial charge is 0.303 e. The van der Waals surface area contributed by atoms with E-state index in [1.807, 2.05) is 0 Å². The molecule has 0 spiro atoms. The van der Waals surface area contributed by atoms with Crippen LogP contribution in [-0.4, -0.2) is 35.9 Å². The van der Waals surface area contributed by atoms with E-state index in [0.717, 1.165) is 19.5 Å². The zero-order chi connectivity index (χ0) is 8.97. The Balaban J connectivity index is 2.37. The predicted octanol–water partition coefficient (Wildman–Crippen LogP) is -0.321. The van der Waals surface area contributed by atoms with E-state index in [1.165, 1.54) is 0 Å². The van der Waals surface area contributed by atoms with Crippen molar-refractivity contribution in [2.75, 3.05) is 19.7 Å². The molecule has 70 valence electrons. The molecular formula is C8H15NO3. The van der Waals surface area contributed by atoms with Crippen LogP contribution in [0.5, 0.6) is 0 Å². The molecule has 0 aromatic heterocycles. The summed E-state index contributed by atoms with van der Waals surface area (Å²) in [5.74, 6) is -0.551. The number of aliphatic hydroxyl groups excluding tert-OH is 1. The molecule has 3 N–H and O–H groups in total. The van der Waals surface area contributed by atoms with Crippen LogP contribution in [0.15, 0.2) is 0 Å². The lowest BCUT2D eigenvalue weighted by Crippen LogP contribution is -2.23. The number of aliphatic carboxylic acids is 1. The summed E-state index contributed by atoms with van der Waals surface area (Å²) in [6, 6.07) is 0. The lowest BCUT2D eigenvalue weighted by atomic mass is 9.89. The van der Waals surface area contributed by atoms with Gasteiger partial charge in [-0.1, -0.05) is 0 Å². The third-order valence-electron chi connectivity index (χ3n) is 2.44. The summed E-state index contributed by atoms with van der Waals surface area (Å²) in [5, 5.41) is 20.6. The third kappa shape index (κ3) is 2.46. The summed E-state index contributed by atoms with van der Waals surface area (Å²) in [4.78, 5) is 10.4. The van der Waals surface area contributed by atoms with E-state index in [4.69, 9.17) is 10.2 Å². The molecule has 0 amide bonds. The maximum atomic E-state index is 10.4. The van der Waals surface area contributed by atoms with Crippen LogP contribution in [0.4, 0.5) is 0 Å². The largest absolute Gasteiger partial charge is 0.481 e. The molecule has 1 rings (SSSR count). The topological polar surface area (TPSA) is 69.6 Å². The maximum Gasteiger partial charge on any atom is 0.303 e. The Morgan fingerprint density at radius 1 is 1.67 bits per heavy atom. The fraction of sp³-hybridized carbons (Fsp3) is 0.875. The molecular weight excluding hydrogens is 158 g/mol. The average molecular weight is 173 g/mol. The van der Waals surface area contributed by atoms with Gasteiger partial charge in [-0.05, 0) is 31.3 Å². The van der Waals surface area contributed by atoms with Crippen LogP contribution in [0.3, 0.4) is 0 Å². The number of aliphatic hydroxyl groups is 1. The molecule has 1 saturated heterocycles. The van der Waals surface area contributed by atoms with E-state index in [0.29, 0.717) is 5.92 Å². The van der Waals surface area contributed by atoms with Gasteiger partial charge < -0.3 is 15.5 Å². The standard InChI is InChI=1S/C8H15NO3/c10-5-7(3-8(11)12)6-1-2-9-4-6/h6-7,9-10H,1-5H2,(H,11,12). The van der Waals surface area contributed by atoms with Crippen LogP contribution < -0.4 is 5.32 Å². The summed E-state index contributed by atoms with van der Waals surface area (Å²) < 4.78 is 0. The van der Waals surface area contributed by atoms with Gasteiger partial charge in [0.25, 0.3) is 0 Å². The molecule has 0 radical (unpaired) electrons. The summed E-state index contributed by atoms with van der Waals surface area (Å²) in [5.41, 5.74) is 0. The molecule has 1 aliphatic heterocycles. The first-order valence-corrected chi connectivity index (χ1v) is 4.27. The normalized spacial score (nSPS) is 25.6. The maximum absolute atomic E-state index is 10.4. The van der Waals surface area contributed by atoms with E-state index in [1.54, 1.807) is 0 Å². The minimum Gasteiger partial charge on any atom is -0.481 e. The first-order chi connectivity index (χ1) is 5.74. The zero-order valence-corrected chi connectivity index (χ0v) is 6.99. The molecule has 0 aliphatic carbocycles. The quantitative estimate of drug-likeness (QED) is 0.545. The molecule has 1 aliphatic rings. The Kier molecular flexibility index (Phi) is 3.49. The van der Waals surface area contributed by atoms with E-state index in [-0.39, 0.29) is 18.9 Å². The molecule has 0 bridgehead atoms. The number of carbonyl (C=O) groups is 1. The second-order valence-corrected chi connectivity index (χ2v) is 3.29. The summed E-state index contributed by atoms with van der Waals surface area (Å²) >= 11 is 0. The van der Waals surface area contributed by atoms with Crippen molar-refractivity contribution in [3.05, 3.63) is 0 Å². The predicted molar refractivity (Wildman–Crippen MR) is 43.8 cm³/mol. The van der Waals surface area contributed by atoms with Gasteiger partial charge in [-0.2, -0.15) is 0 Å². The summed E-state index contributed by atoms with van der Waals surface area (Å²) in [6.45, 7) is 1.78. The first-order valence-electron chi connectivity index (χ1n) is 4.27. The monoisotopic (exact) mass is 173 g/mol. The fourth-order valence-corrected chi connectivity index (χ4v) is 1.68. The second kappa shape index (κ2) is 4.42. The number of carboxylic acid groups (broad SMARTS) is 1. The van der Waals surface area contributed by atoms with Crippen LogP contribution in [0.2, 0.25) is 0 Å². The Hall–Kier alpha value is -0.610. The van der Waals surface area contributed by atoms with Gasteiger partial charge in [0.15, 0.2) is 0 Å². The van der Waals surface area contributed by atoms with E-state index in [2.05, 4.69) is 5.32 Å². The minimum atomic E-state index is -0.819. The van der Waals surface area contributed by atoms with Crippen molar-refractivity contribution in [2.24, 2.45) is 11.8 Å². The van der Waals surface area contributed by atoms with E-state index < -0.39 is 5.97 Å². The Morgan fingerprint density at radius 2 is 2.42 bits per heavy atom. The average Bonchev–Trinajstić information content (AvgIpc) is 2.51. The number of nitrogens with one attached hydrogen (secondary N) is 1. The molecule has 0 aromatic carbocycles. The molecule has 4 nitrogen and oxygen atoms in total. The van der Waals surface area contributed by atoms with Gasteiger partial charge in [0, 0.05) is 6.61 Å². The summed E-state index contributed by atoms with van der Waals surface area (Å²) in [6.07, 6.45) is 1.07. The molecule has 1 fully saturated rings. The molecule has 1 heterocycles. The number of carboxylic acids is 1. The first kappa shape index (κ1) is 9.48. The molecule has 12 heavy (non-hydrogen) atoms. The van der Waals surface area contributed by atoms with Crippen LogP contribution in [0.1, 0.15) is 12.8 Å². The second-order valence-electron chi connectivity index (χ2n) is 3.29. The lowest BCUT2D eigenvalue weighted by molar-refractivity contribution is -0.138. The van der Waals surface area contributed by atoms with Crippen LogP contribution in [0, 0.1) is 11.8 Å². The van der Waals surface area contributed by atoms with Gasteiger partial charge in [-0.25, -0.2) is 0 Å². The van der Waals surface area contributed by atoms with Crippen molar-refractivity contribution < 1.29 is 15.0 Å². The van der Waals surface area contributed by atoms with Crippen LogP contribution in [-0.2, 0) is 4.79 Å². The molecule has 0 aromatic rings.